The number of likely N-dealkylation sites (tertiary alicyclic amines) is 1. The van der Waals surface area contributed by atoms with Crippen molar-refractivity contribution in [1.82, 2.24) is 10.2 Å². The number of ether oxygens (including phenoxy) is 2. The number of amides is 2. The summed E-state index contributed by atoms with van der Waals surface area (Å²) in [5.41, 5.74) is -1.31. The van der Waals surface area contributed by atoms with Gasteiger partial charge in [0.2, 0.25) is 0 Å². The lowest BCUT2D eigenvalue weighted by atomic mass is 9.74. The maximum atomic E-state index is 13.5. The summed E-state index contributed by atoms with van der Waals surface area (Å²) in [4.78, 5) is 16.4. The van der Waals surface area contributed by atoms with Gasteiger partial charge in [-0.05, 0) is 44.4 Å². The number of benzene rings is 1. The van der Waals surface area contributed by atoms with E-state index < -0.39 is 22.7 Å². The summed E-state index contributed by atoms with van der Waals surface area (Å²) < 4.78 is 51.5. The van der Waals surface area contributed by atoms with E-state index in [-0.39, 0.29) is 18.0 Å². The van der Waals surface area contributed by atoms with E-state index in [0.717, 1.165) is 12.5 Å². The highest BCUT2D eigenvalue weighted by Crippen LogP contribution is 2.45. The number of anilines is 1. The van der Waals surface area contributed by atoms with E-state index >= 15 is 0 Å². The fourth-order valence-corrected chi connectivity index (χ4v) is 4.78. The number of hydrogen-bond acceptors (Lipinski definition) is 5. The molecule has 10 heteroatoms. The average molecular weight is 469 g/mol. The molecule has 2 saturated heterocycles. The summed E-state index contributed by atoms with van der Waals surface area (Å²) in [6.07, 6.45) is -3.88. The molecule has 2 heterocycles. The molecule has 33 heavy (non-hydrogen) atoms. The van der Waals surface area contributed by atoms with Crippen molar-refractivity contribution < 1.29 is 27.4 Å². The van der Waals surface area contributed by atoms with Crippen LogP contribution in [0.3, 0.4) is 0 Å². The van der Waals surface area contributed by atoms with Crippen LogP contribution in [0, 0.1) is 22.7 Å². The Morgan fingerprint density at radius 1 is 1.33 bits per heavy atom. The minimum Gasteiger partial charge on any atom is -0.382 e. The molecular formula is C23H31F3N4O3. The number of urea groups is 1. The molecule has 0 saturated carbocycles. The van der Waals surface area contributed by atoms with Crippen molar-refractivity contribution in [2.45, 2.75) is 32.5 Å². The van der Waals surface area contributed by atoms with E-state index in [4.69, 9.17) is 14.7 Å². The van der Waals surface area contributed by atoms with Crippen LogP contribution < -0.4 is 10.2 Å². The van der Waals surface area contributed by atoms with Crippen LogP contribution in [0.2, 0.25) is 0 Å². The maximum absolute atomic E-state index is 13.5. The summed E-state index contributed by atoms with van der Waals surface area (Å²) >= 11 is 0. The molecule has 2 atom stereocenters. The van der Waals surface area contributed by atoms with E-state index in [0.29, 0.717) is 51.7 Å². The number of fused-ring (bicyclic) bond motifs is 1. The van der Waals surface area contributed by atoms with Gasteiger partial charge in [-0.3, -0.25) is 0 Å². The zero-order valence-electron chi connectivity index (χ0n) is 19.2. The van der Waals surface area contributed by atoms with Crippen molar-refractivity contribution in [3.63, 3.8) is 0 Å². The first kappa shape index (κ1) is 25.1. The molecule has 0 bridgehead atoms. The van der Waals surface area contributed by atoms with Crippen LogP contribution >= 0.6 is 0 Å². The summed E-state index contributed by atoms with van der Waals surface area (Å²) in [5, 5.41) is 12.0. The number of carbonyl (C=O) groups is 1. The Kier molecular flexibility index (Phi) is 7.75. The van der Waals surface area contributed by atoms with Crippen LogP contribution in [0.15, 0.2) is 18.2 Å². The Labute approximate surface area is 192 Å². The summed E-state index contributed by atoms with van der Waals surface area (Å²) in [6.45, 7) is 7.08. The topological polar surface area (TPSA) is 77.8 Å². The van der Waals surface area contributed by atoms with Gasteiger partial charge < -0.3 is 24.6 Å². The third kappa shape index (κ3) is 5.71. The highest BCUT2D eigenvalue weighted by Gasteiger charge is 2.51. The standard InChI is InChI=1S/C23H31F3N4O3/c1-16(2)28-21(31)29-7-6-18-12-30(14-22(18,13-29)15-33-9-8-32-3)19-5-4-17(11-27)20(10-19)23(24,25)26/h4-5,10,16,18H,6-9,12-15H2,1-3H3,(H,28,31)/t18-,22+/m1/s1. The normalized spacial score (nSPS) is 22.9. The van der Waals surface area contributed by atoms with E-state index in [1.54, 1.807) is 24.1 Å². The van der Waals surface area contributed by atoms with Gasteiger partial charge in [0.05, 0.1) is 37.0 Å². The lowest BCUT2D eigenvalue weighted by molar-refractivity contribution is -0.137. The first-order chi connectivity index (χ1) is 15.6. The molecule has 2 aliphatic rings. The number of methoxy groups -OCH3 is 1. The molecule has 3 rings (SSSR count). The highest BCUT2D eigenvalue weighted by atomic mass is 19.4. The van der Waals surface area contributed by atoms with Gasteiger partial charge in [-0.15, -0.1) is 0 Å². The number of rotatable bonds is 7. The van der Waals surface area contributed by atoms with Crippen molar-refractivity contribution in [2.75, 3.05) is 58.0 Å². The summed E-state index contributed by atoms with van der Waals surface area (Å²) in [5.74, 6) is 0.160. The lowest BCUT2D eigenvalue weighted by Gasteiger charge is -2.44. The zero-order chi connectivity index (χ0) is 24.2. The Balaban J connectivity index is 1.86. The molecule has 7 nitrogen and oxygen atoms in total. The number of piperidine rings is 1. The van der Waals surface area contributed by atoms with Gasteiger partial charge in [-0.2, -0.15) is 18.4 Å². The third-order valence-electron chi connectivity index (χ3n) is 6.38. The Hall–Kier alpha value is -2.51. The number of alkyl halides is 3. The number of nitrogens with one attached hydrogen (secondary N) is 1. The van der Waals surface area contributed by atoms with E-state index in [9.17, 15) is 18.0 Å². The molecule has 0 spiro atoms. The second kappa shape index (κ2) is 10.2. The van der Waals surface area contributed by atoms with Crippen molar-refractivity contribution in [3.05, 3.63) is 29.3 Å². The van der Waals surface area contributed by atoms with Crippen LogP contribution in [-0.4, -0.2) is 70.1 Å². The van der Waals surface area contributed by atoms with Gasteiger partial charge in [0, 0.05) is 50.4 Å². The summed E-state index contributed by atoms with van der Waals surface area (Å²) in [6, 6.07) is 5.33. The molecule has 1 N–H and O–H groups in total. The Bertz CT molecular complexity index is 887. The molecule has 1 aromatic rings. The van der Waals surface area contributed by atoms with Gasteiger partial charge in [0.1, 0.15) is 0 Å². The molecule has 0 radical (unpaired) electrons. The Morgan fingerprint density at radius 3 is 2.73 bits per heavy atom. The molecule has 1 aromatic carbocycles. The van der Waals surface area contributed by atoms with Crippen molar-refractivity contribution in [1.29, 1.82) is 5.26 Å². The quantitative estimate of drug-likeness (QED) is 0.620. The fourth-order valence-electron chi connectivity index (χ4n) is 4.78. The predicted octanol–water partition coefficient (Wildman–Crippen LogP) is 3.49. The SMILES string of the molecule is COCCOC[C@@]12CN(C(=O)NC(C)C)CC[C@@H]1CN(c1ccc(C#N)c(C(F)(F)F)c1)C2. The smallest absolute Gasteiger partial charge is 0.382 e. The van der Waals surface area contributed by atoms with E-state index in [2.05, 4.69) is 5.32 Å². The van der Waals surface area contributed by atoms with Crippen LogP contribution in [0.5, 0.6) is 0 Å². The second-order valence-corrected chi connectivity index (χ2v) is 9.14. The predicted molar refractivity (Wildman–Crippen MR) is 117 cm³/mol. The number of carbonyl (C=O) groups excluding carboxylic acids is 1. The highest BCUT2D eigenvalue weighted by molar-refractivity contribution is 5.74. The number of nitriles is 1. The van der Waals surface area contributed by atoms with Gasteiger partial charge in [0.25, 0.3) is 0 Å². The van der Waals surface area contributed by atoms with Crippen LogP contribution in [0.25, 0.3) is 0 Å². The van der Waals surface area contributed by atoms with Gasteiger partial charge in [0.15, 0.2) is 0 Å². The average Bonchev–Trinajstić information content (AvgIpc) is 3.14. The first-order valence-corrected chi connectivity index (χ1v) is 11.1. The minimum absolute atomic E-state index is 0.00337. The second-order valence-electron chi connectivity index (χ2n) is 9.14. The molecule has 182 valence electrons. The zero-order valence-corrected chi connectivity index (χ0v) is 19.2. The largest absolute Gasteiger partial charge is 0.417 e. The first-order valence-electron chi connectivity index (χ1n) is 11.1. The van der Waals surface area contributed by atoms with Crippen LogP contribution in [0.4, 0.5) is 23.7 Å². The van der Waals surface area contributed by atoms with Gasteiger partial charge in [-0.25, -0.2) is 4.79 Å². The Morgan fingerprint density at radius 2 is 2.09 bits per heavy atom. The molecule has 0 unspecified atom stereocenters. The maximum Gasteiger partial charge on any atom is 0.417 e. The van der Waals surface area contributed by atoms with Crippen molar-refractivity contribution in [3.8, 4) is 6.07 Å². The van der Waals surface area contributed by atoms with Crippen molar-refractivity contribution >= 4 is 11.7 Å². The van der Waals surface area contributed by atoms with E-state index in [1.807, 2.05) is 18.7 Å². The fraction of sp³-hybridized carbons (Fsp3) is 0.652. The molecule has 0 aliphatic carbocycles. The molecule has 2 amide bonds. The van der Waals surface area contributed by atoms with Gasteiger partial charge >= 0.3 is 12.2 Å². The monoisotopic (exact) mass is 468 g/mol. The number of hydrogen-bond donors (Lipinski definition) is 1. The minimum atomic E-state index is -4.61. The molecule has 2 fully saturated rings. The van der Waals surface area contributed by atoms with Crippen LogP contribution in [-0.2, 0) is 15.7 Å². The van der Waals surface area contributed by atoms with Crippen LogP contribution in [0.1, 0.15) is 31.4 Å². The molecule has 0 aromatic heterocycles. The van der Waals surface area contributed by atoms with Crippen molar-refractivity contribution in [2.24, 2.45) is 11.3 Å². The summed E-state index contributed by atoms with van der Waals surface area (Å²) in [7, 11) is 1.59. The van der Waals surface area contributed by atoms with Gasteiger partial charge in [-0.1, -0.05) is 0 Å². The lowest BCUT2D eigenvalue weighted by Crippen LogP contribution is -2.56. The third-order valence-corrected chi connectivity index (χ3v) is 6.38. The molecular weight excluding hydrogens is 437 g/mol. The molecule has 2 aliphatic heterocycles. The van der Waals surface area contributed by atoms with E-state index in [1.165, 1.54) is 6.07 Å². The number of nitrogens with zero attached hydrogens (tertiary/aromatic N) is 3. The number of halogens is 3.